The number of piperidine rings is 2. The van der Waals surface area contributed by atoms with Crippen molar-refractivity contribution in [2.75, 3.05) is 32.5 Å². The standard InChI is InChI=1S/C25H30N2O3S/c1-30-23-12-6-5-8-19(23)16-24(28)26-15-13-22-20(17-26)9-7-14-27(22)25(29)18-31-21-10-3-2-4-11-21/h2-6,8,10-12,20,22H,7,9,13-18H2,1H3/t20-,22-/m1/s1. The number of amides is 2. The molecule has 0 saturated carbocycles. The molecule has 164 valence electrons. The molecule has 0 unspecified atom stereocenters. The first-order valence-corrected chi connectivity index (χ1v) is 12.0. The lowest BCUT2D eigenvalue weighted by Crippen LogP contribution is -2.57. The molecule has 2 aliphatic heterocycles. The van der Waals surface area contributed by atoms with Crippen LogP contribution in [0.5, 0.6) is 5.75 Å². The second-order valence-electron chi connectivity index (χ2n) is 8.28. The molecule has 2 aliphatic rings. The Kier molecular flexibility index (Phi) is 7.17. The highest BCUT2D eigenvalue weighted by molar-refractivity contribution is 8.00. The van der Waals surface area contributed by atoms with Crippen molar-refractivity contribution in [3.63, 3.8) is 0 Å². The number of likely N-dealkylation sites (tertiary alicyclic amines) is 2. The fourth-order valence-corrected chi connectivity index (χ4v) is 5.61. The Morgan fingerprint density at radius 2 is 1.77 bits per heavy atom. The molecule has 2 heterocycles. The maximum absolute atomic E-state index is 13.0. The Morgan fingerprint density at radius 1 is 1.00 bits per heavy atom. The van der Waals surface area contributed by atoms with E-state index in [9.17, 15) is 9.59 Å². The SMILES string of the molecule is COc1ccccc1CC(=O)N1CC[C@@H]2[C@H](CCCN2C(=O)CSc2ccccc2)C1. The highest BCUT2D eigenvalue weighted by Crippen LogP contribution is 2.32. The molecule has 2 atom stereocenters. The van der Waals surface area contributed by atoms with Gasteiger partial charge in [0.25, 0.3) is 0 Å². The van der Waals surface area contributed by atoms with Crippen molar-refractivity contribution >= 4 is 23.6 Å². The molecule has 31 heavy (non-hydrogen) atoms. The lowest BCUT2D eigenvalue weighted by atomic mass is 9.83. The van der Waals surface area contributed by atoms with Crippen molar-refractivity contribution in [1.29, 1.82) is 0 Å². The molecule has 2 aromatic rings. The highest BCUT2D eigenvalue weighted by Gasteiger charge is 2.39. The third kappa shape index (κ3) is 5.24. The third-order valence-corrected chi connectivity index (χ3v) is 7.38. The molecule has 0 N–H and O–H groups in total. The second-order valence-corrected chi connectivity index (χ2v) is 9.32. The summed E-state index contributed by atoms with van der Waals surface area (Å²) in [5.74, 6) is 1.97. The van der Waals surface area contributed by atoms with Gasteiger partial charge in [-0.15, -0.1) is 11.8 Å². The van der Waals surface area contributed by atoms with Crippen LogP contribution in [-0.4, -0.2) is 60.2 Å². The molecule has 5 nitrogen and oxygen atoms in total. The molecule has 0 radical (unpaired) electrons. The average molecular weight is 439 g/mol. The van der Waals surface area contributed by atoms with E-state index in [0.29, 0.717) is 24.6 Å². The van der Waals surface area contributed by atoms with Crippen LogP contribution in [0.2, 0.25) is 0 Å². The van der Waals surface area contributed by atoms with E-state index in [4.69, 9.17) is 4.74 Å². The molecule has 2 amide bonds. The first kappa shape index (κ1) is 21.8. The number of nitrogens with zero attached hydrogens (tertiary/aromatic N) is 2. The first-order chi connectivity index (χ1) is 15.2. The van der Waals surface area contributed by atoms with Crippen LogP contribution in [0.3, 0.4) is 0 Å². The molecule has 2 fully saturated rings. The molecule has 2 saturated heterocycles. The monoisotopic (exact) mass is 438 g/mol. The zero-order chi connectivity index (χ0) is 21.6. The molecule has 0 spiro atoms. The van der Waals surface area contributed by atoms with Crippen LogP contribution < -0.4 is 4.74 Å². The number of para-hydroxylation sites is 1. The summed E-state index contributed by atoms with van der Waals surface area (Å²) in [5, 5.41) is 0. The maximum atomic E-state index is 13.0. The van der Waals surface area contributed by atoms with E-state index < -0.39 is 0 Å². The van der Waals surface area contributed by atoms with E-state index in [1.807, 2.05) is 59.5 Å². The average Bonchev–Trinajstić information content (AvgIpc) is 2.82. The highest BCUT2D eigenvalue weighted by atomic mass is 32.2. The van der Waals surface area contributed by atoms with Gasteiger partial charge in [0.15, 0.2) is 0 Å². The number of benzene rings is 2. The van der Waals surface area contributed by atoms with Crippen molar-refractivity contribution in [3.05, 3.63) is 60.2 Å². The first-order valence-electron chi connectivity index (χ1n) is 11.0. The van der Waals surface area contributed by atoms with Gasteiger partial charge in [-0.1, -0.05) is 36.4 Å². The van der Waals surface area contributed by atoms with Gasteiger partial charge < -0.3 is 14.5 Å². The minimum atomic E-state index is 0.144. The van der Waals surface area contributed by atoms with Crippen molar-refractivity contribution in [1.82, 2.24) is 9.80 Å². The normalized spacial score (nSPS) is 20.8. The van der Waals surface area contributed by atoms with Gasteiger partial charge in [-0.05, 0) is 43.4 Å². The van der Waals surface area contributed by atoms with Crippen LogP contribution in [0.25, 0.3) is 0 Å². The maximum Gasteiger partial charge on any atom is 0.233 e. The van der Waals surface area contributed by atoms with Crippen molar-refractivity contribution < 1.29 is 14.3 Å². The quantitative estimate of drug-likeness (QED) is 0.643. The van der Waals surface area contributed by atoms with Gasteiger partial charge >= 0.3 is 0 Å². The van der Waals surface area contributed by atoms with E-state index in [-0.39, 0.29) is 17.9 Å². The minimum Gasteiger partial charge on any atom is -0.496 e. The molecule has 2 aromatic carbocycles. The Morgan fingerprint density at radius 3 is 2.58 bits per heavy atom. The topological polar surface area (TPSA) is 49.9 Å². The van der Waals surface area contributed by atoms with Gasteiger partial charge in [0.2, 0.25) is 11.8 Å². The number of hydrogen-bond acceptors (Lipinski definition) is 4. The zero-order valence-corrected chi connectivity index (χ0v) is 18.9. The van der Waals surface area contributed by atoms with Crippen molar-refractivity contribution in [3.8, 4) is 5.75 Å². The zero-order valence-electron chi connectivity index (χ0n) is 18.0. The Labute approximate surface area is 188 Å². The molecule has 0 bridgehead atoms. The lowest BCUT2D eigenvalue weighted by molar-refractivity contribution is -0.139. The Bertz CT molecular complexity index is 905. The molecule has 6 heteroatoms. The van der Waals surface area contributed by atoms with Gasteiger partial charge in [-0.2, -0.15) is 0 Å². The third-order valence-electron chi connectivity index (χ3n) is 6.38. The van der Waals surface area contributed by atoms with Crippen LogP contribution in [0, 0.1) is 5.92 Å². The summed E-state index contributed by atoms with van der Waals surface area (Å²) >= 11 is 1.60. The van der Waals surface area contributed by atoms with Crippen LogP contribution in [0.1, 0.15) is 24.8 Å². The molecule has 0 aromatic heterocycles. The number of methoxy groups -OCH3 is 1. The summed E-state index contributed by atoms with van der Waals surface area (Å²) in [6.45, 7) is 2.30. The number of hydrogen-bond donors (Lipinski definition) is 0. The summed E-state index contributed by atoms with van der Waals surface area (Å²) in [5.41, 5.74) is 0.926. The van der Waals surface area contributed by atoms with Gasteiger partial charge in [-0.3, -0.25) is 9.59 Å². The minimum absolute atomic E-state index is 0.144. The molecular weight excluding hydrogens is 408 g/mol. The number of thioether (sulfide) groups is 1. The largest absolute Gasteiger partial charge is 0.496 e. The number of ether oxygens (including phenoxy) is 1. The van der Waals surface area contributed by atoms with Gasteiger partial charge in [-0.25, -0.2) is 0 Å². The number of rotatable bonds is 6. The van der Waals surface area contributed by atoms with E-state index in [1.54, 1.807) is 18.9 Å². The van der Waals surface area contributed by atoms with E-state index in [0.717, 1.165) is 48.6 Å². The summed E-state index contributed by atoms with van der Waals surface area (Å²) in [6.07, 6.45) is 3.32. The summed E-state index contributed by atoms with van der Waals surface area (Å²) < 4.78 is 5.40. The Hall–Kier alpha value is -2.47. The Balaban J connectivity index is 1.34. The fraction of sp³-hybridized carbons (Fsp3) is 0.440. The molecule has 4 rings (SSSR count). The van der Waals surface area contributed by atoms with Crippen LogP contribution in [-0.2, 0) is 16.0 Å². The second kappa shape index (κ2) is 10.2. The lowest BCUT2D eigenvalue weighted by Gasteiger charge is -2.47. The van der Waals surface area contributed by atoms with Crippen LogP contribution in [0.15, 0.2) is 59.5 Å². The van der Waals surface area contributed by atoms with E-state index in [2.05, 4.69) is 4.90 Å². The fourth-order valence-electron chi connectivity index (χ4n) is 4.81. The molecule has 0 aliphatic carbocycles. The van der Waals surface area contributed by atoms with Crippen molar-refractivity contribution in [2.24, 2.45) is 5.92 Å². The van der Waals surface area contributed by atoms with E-state index in [1.165, 1.54) is 0 Å². The van der Waals surface area contributed by atoms with Crippen molar-refractivity contribution in [2.45, 2.75) is 36.6 Å². The smallest absolute Gasteiger partial charge is 0.233 e. The summed E-state index contributed by atoms with van der Waals surface area (Å²) in [6, 6.07) is 18.0. The summed E-state index contributed by atoms with van der Waals surface area (Å²) in [7, 11) is 1.64. The predicted octanol–water partition coefficient (Wildman–Crippen LogP) is 3.87. The van der Waals surface area contributed by atoms with Gasteiger partial charge in [0, 0.05) is 36.1 Å². The van der Waals surface area contributed by atoms with Crippen LogP contribution in [0.4, 0.5) is 0 Å². The van der Waals surface area contributed by atoms with Gasteiger partial charge in [0.05, 0.1) is 19.3 Å². The molecular formula is C25H30N2O3S. The number of carbonyl (C=O) groups excluding carboxylic acids is 2. The number of carbonyl (C=O) groups is 2. The summed E-state index contributed by atoms with van der Waals surface area (Å²) in [4.78, 5) is 31.1. The van der Waals surface area contributed by atoms with Gasteiger partial charge in [0.1, 0.15) is 5.75 Å². The van der Waals surface area contributed by atoms with E-state index >= 15 is 0 Å². The number of fused-ring (bicyclic) bond motifs is 1. The predicted molar refractivity (Wildman–Crippen MR) is 123 cm³/mol. The van der Waals surface area contributed by atoms with Crippen LogP contribution >= 0.6 is 11.8 Å².